The maximum Gasteiger partial charge on any atom is 0.411 e. The Hall–Kier alpha value is -4.61. The van der Waals surface area contributed by atoms with E-state index in [9.17, 15) is 40.8 Å². The fourth-order valence-corrected chi connectivity index (χ4v) is 9.08. The Kier molecular flexibility index (Phi) is 11.8. The number of sulfonamides is 1. The van der Waals surface area contributed by atoms with E-state index in [1.54, 1.807) is 44.3 Å². The minimum Gasteiger partial charge on any atom is -0.494 e. The highest BCUT2D eigenvalue weighted by Gasteiger charge is 2.63. The number of nitrogens with one attached hydrogen (secondary N) is 4. The number of allylic oxidation sites excluding steroid dienone is 1. The van der Waals surface area contributed by atoms with Gasteiger partial charge in [-0.1, -0.05) is 26.0 Å². The summed E-state index contributed by atoms with van der Waals surface area (Å²) in [7, 11) is -4.07. The zero-order valence-electron chi connectivity index (χ0n) is 33.6. The molecule has 0 spiro atoms. The number of benzene rings is 1. The lowest BCUT2D eigenvalue weighted by atomic mass is 9.88. The average Bonchev–Trinajstić information content (AvgIpc) is 4.01. The van der Waals surface area contributed by atoms with Crippen LogP contribution in [0.1, 0.15) is 86.5 Å². The monoisotopic (exact) mass is 834 g/mol. The van der Waals surface area contributed by atoms with Gasteiger partial charge in [-0.2, -0.15) is 13.2 Å². The third kappa shape index (κ3) is 8.86. The number of urea groups is 1. The van der Waals surface area contributed by atoms with Crippen LogP contribution in [0.25, 0.3) is 10.8 Å². The Bertz CT molecular complexity index is 2080. The molecule has 2 saturated carbocycles. The second-order valence-corrected chi connectivity index (χ2v) is 19.3. The third-order valence-electron chi connectivity index (χ3n) is 12.0. The summed E-state index contributed by atoms with van der Waals surface area (Å²) in [6.07, 6.45) is 1.95. The molecule has 58 heavy (non-hydrogen) atoms. The molecule has 3 fully saturated rings. The molecular formula is C40H53F3N6O8S. The van der Waals surface area contributed by atoms with Gasteiger partial charge in [0.1, 0.15) is 35.0 Å². The molecule has 1 saturated heterocycles. The predicted molar refractivity (Wildman–Crippen MR) is 208 cm³/mol. The molecule has 4 N–H and O–H groups in total. The number of pyridine rings is 1. The van der Waals surface area contributed by atoms with Gasteiger partial charge in [0, 0.05) is 23.9 Å². The molecule has 18 heteroatoms. The summed E-state index contributed by atoms with van der Waals surface area (Å²) in [5, 5.41) is 8.63. The van der Waals surface area contributed by atoms with Gasteiger partial charge >= 0.3 is 12.2 Å². The van der Waals surface area contributed by atoms with Gasteiger partial charge in [-0.25, -0.2) is 18.2 Å². The zero-order chi connectivity index (χ0) is 42.4. The lowest BCUT2D eigenvalue weighted by Crippen LogP contribution is -2.62. The van der Waals surface area contributed by atoms with E-state index < -0.39 is 85.8 Å². The van der Waals surface area contributed by atoms with E-state index in [-0.39, 0.29) is 31.2 Å². The molecule has 7 atom stereocenters. The number of amides is 5. The highest BCUT2D eigenvalue weighted by molar-refractivity contribution is 7.91. The van der Waals surface area contributed by atoms with Crippen LogP contribution in [0.15, 0.2) is 42.6 Å². The van der Waals surface area contributed by atoms with Crippen molar-refractivity contribution in [1.82, 2.24) is 30.6 Å². The maximum atomic E-state index is 14.8. The molecule has 2 aliphatic heterocycles. The van der Waals surface area contributed by atoms with Crippen LogP contribution >= 0.6 is 0 Å². The summed E-state index contributed by atoms with van der Waals surface area (Å²) in [6.45, 7) is 8.96. The lowest BCUT2D eigenvalue weighted by Gasteiger charge is -2.34. The highest BCUT2D eigenvalue weighted by atomic mass is 32.2. The van der Waals surface area contributed by atoms with Gasteiger partial charge in [0.05, 0.1) is 17.9 Å². The Morgan fingerprint density at radius 1 is 1.10 bits per heavy atom. The first kappa shape index (κ1) is 43.0. The minimum atomic E-state index is -4.80. The number of aromatic nitrogens is 1. The number of hydrogen-bond acceptors (Lipinski definition) is 9. The van der Waals surface area contributed by atoms with E-state index in [4.69, 9.17) is 9.47 Å². The topological polar surface area (TPSA) is 185 Å². The Morgan fingerprint density at radius 2 is 1.83 bits per heavy atom. The second kappa shape index (κ2) is 15.9. The number of alkyl halides is 3. The molecule has 0 radical (unpaired) electrons. The van der Waals surface area contributed by atoms with E-state index >= 15 is 0 Å². The number of nitrogens with zero attached hydrogens (tertiary/aromatic N) is 2. The maximum absolute atomic E-state index is 14.8. The largest absolute Gasteiger partial charge is 0.494 e. The Morgan fingerprint density at radius 3 is 2.50 bits per heavy atom. The van der Waals surface area contributed by atoms with Crippen LogP contribution in [0.5, 0.6) is 11.6 Å². The number of hydrogen-bond donors (Lipinski definition) is 4. The molecule has 3 heterocycles. The second-order valence-electron chi connectivity index (χ2n) is 17.1. The number of rotatable bonds is 9. The third-order valence-corrected chi connectivity index (χ3v) is 14.1. The molecule has 2 aromatic rings. The van der Waals surface area contributed by atoms with Gasteiger partial charge in [-0.3, -0.25) is 19.1 Å². The molecule has 14 nitrogen and oxygen atoms in total. The number of carbonyl (C=O) groups excluding carboxylic acids is 4. The fourth-order valence-electron chi connectivity index (χ4n) is 7.77. The molecule has 6 rings (SSSR count). The normalized spacial score (nSPS) is 29.4. The van der Waals surface area contributed by atoms with Gasteiger partial charge in [0.25, 0.3) is 5.91 Å². The van der Waals surface area contributed by atoms with E-state index in [2.05, 4.69) is 20.3 Å². The average molecular weight is 835 g/mol. The van der Waals surface area contributed by atoms with Crippen molar-refractivity contribution >= 4 is 44.5 Å². The van der Waals surface area contributed by atoms with Crippen molar-refractivity contribution in [2.75, 3.05) is 13.2 Å². The Balaban J connectivity index is 1.35. The summed E-state index contributed by atoms with van der Waals surface area (Å²) in [5.74, 6) is -2.67. The van der Waals surface area contributed by atoms with Crippen molar-refractivity contribution in [1.29, 1.82) is 0 Å². The van der Waals surface area contributed by atoms with E-state index in [1.807, 2.05) is 31.3 Å². The van der Waals surface area contributed by atoms with Crippen LogP contribution in [-0.2, 0) is 24.4 Å². The smallest absolute Gasteiger partial charge is 0.411 e. The quantitative estimate of drug-likeness (QED) is 0.256. The van der Waals surface area contributed by atoms with Crippen molar-refractivity contribution in [3.63, 3.8) is 0 Å². The van der Waals surface area contributed by atoms with Crippen molar-refractivity contribution in [3.05, 3.63) is 42.6 Å². The van der Waals surface area contributed by atoms with Crippen LogP contribution in [0.3, 0.4) is 0 Å². The van der Waals surface area contributed by atoms with Crippen LogP contribution in [0.4, 0.5) is 18.0 Å². The highest BCUT2D eigenvalue weighted by Crippen LogP contribution is 2.47. The first-order valence-electron chi connectivity index (χ1n) is 19.8. The minimum absolute atomic E-state index is 0.0147. The van der Waals surface area contributed by atoms with Crippen molar-refractivity contribution in [3.8, 4) is 11.6 Å². The molecule has 2 aliphatic carbocycles. The summed E-state index contributed by atoms with van der Waals surface area (Å²) < 4.78 is 80.9. The van der Waals surface area contributed by atoms with Gasteiger partial charge in [0.2, 0.25) is 27.7 Å². The van der Waals surface area contributed by atoms with E-state index in [0.29, 0.717) is 49.8 Å². The van der Waals surface area contributed by atoms with Gasteiger partial charge in [-0.15, -0.1) is 0 Å². The number of halogens is 3. The number of carbonyl (C=O) groups is 4. The van der Waals surface area contributed by atoms with Crippen molar-refractivity contribution in [2.24, 2.45) is 17.8 Å². The standard InChI is InChI=1S/C40H53F3N6O8S/c1-7-56-27-12-13-29-25(19-27)14-17-44-33(29)57-28-20-30-32(50)46-39(35(52)48-58(54,55)38(6)15-16-38)21-26(39)11-9-8-10-23(2)18-24(3)31(34(51)49(30)22-28)45-36(53)47-37(4,5)40(41,42)43/h9,11-14,17,19,23-24,26,28,30-31H,7-8,10,15-16,18,20-22H2,1-6H3,(H,46,50)(H,48,52)(H2,45,47,53)/b11-9-/t23-,24+,26?,28+,30-,31-,39?/m0/s1. The molecule has 4 aliphatic rings. The van der Waals surface area contributed by atoms with Crippen LogP contribution < -0.4 is 30.1 Å². The summed E-state index contributed by atoms with van der Waals surface area (Å²) in [6, 6.07) is 3.25. The van der Waals surface area contributed by atoms with Gasteiger partial charge in [-0.05, 0) is 108 Å². The SMILES string of the molecule is CCOc1ccc2c(O[C@@H]3C[C@H]4C(=O)NC5(C(=O)NS(=O)(=O)C6(C)CC6)CC5/C=C\CC[C@H](C)C[C@@H](C)[C@H](NC(=O)NC(C)(C)C(F)(F)F)C(=O)N4C3)nccc2c1. The van der Waals surface area contributed by atoms with Gasteiger partial charge < -0.3 is 30.3 Å². The predicted octanol–water partition coefficient (Wildman–Crippen LogP) is 4.88. The van der Waals surface area contributed by atoms with Crippen LogP contribution in [-0.4, -0.2) is 95.4 Å². The number of fused-ring (bicyclic) bond motifs is 3. The Labute approximate surface area is 336 Å². The van der Waals surface area contributed by atoms with Crippen LogP contribution in [0.2, 0.25) is 0 Å². The van der Waals surface area contributed by atoms with Crippen molar-refractivity contribution < 1.29 is 50.2 Å². The fraction of sp³-hybridized carbons (Fsp3) is 0.625. The molecule has 1 aromatic heterocycles. The molecule has 5 amide bonds. The van der Waals surface area contributed by atoms with E-state index in [1.165, 1.54) is 4.90 Å². The summed E-state index contributed by atoms with van der Waals surface area (Å²) in [5.41, 5.74) is -4.26. The first-order chi connectivity index (χ1) is 27.1. The van der Waals surface area contributed by atoms with Crippen LogP contribution in [0, 0.1) is 17.8 Å². The zero-order valence-corrected chi connectivity index (χ0v) is 34.4. The van der Waals surface area contributed by atoms with E-state index in [0.717, 1.165) is 19.2 Å². The molecule has 0 bridgehead atoms. The molecule has 1 aromatic carbocycles. The number of ether oxygens (including phenoxy) is 2. The van der Waals surface area contributed by atoms with Crippen molar-refractivity contribution in [2.45, 2.75) is 127 Å². The lowest BCUT2D eigenvalue weighted by molar-refractivity contribution is -0.182. The molecular weight excluding hydrogens is 782 g/mol. The summed E-state index contributed by atoms with van der Waals surface area (Å²) in [4.78, 5) is 62.1. The molecule has 2 unspecified atom stereocenters. The first-order valence-corrected chi connectivity index (χ1v) is 21.3. The van der Waals surface area contributed by atoms with Gasteiger partial charge in [0.15, 0.2) is 0 Å². The summed E-state index contributed by atoms with van der Waals surface area (Å²) >= 11 is 0. The molecule has 318 valence electrons.